The van der Waals surface area contributed by atoms with Gasteiger partial charge in [0.2, 0.25) is 0 Å². The second kappa shape index (κ2) is 6.05. The third-order valence-corrected chi connectivity index (χ3v) is 2.64. The van der Waals surface area contributed by atoms with Crippen molar-refractivity contribution in [3.63, 3.8) is 0 Å². The van der Waals surface area contributed by atoms with E-state index in [1.807, 2.05) is 30.3 Å². The zero-order valence-electron chi connectivity index (χ0n) is 10.6. The number of aliphatic imine (C=N–C) groups is 1. The van der Waals surface area contributed by atoms with Gasteiger partial charge in [0.25, 0.3) is 0 Å². The molecule has 0 saturated heterocycles. The molecule has 0 atom stereocenters. The first kappa shape index (κ1) is 13.1. The van der Waals surface area contributed by atoms with E-state index >= 15 is 0 Å². The minimum atomic E-state index is -0.400. The number of para-hydroxylation sites is 1. The summed E-state index contributed by atoms with van der Waals surface area (Å²) in [4.78, 5) is 16.3. The van der Waals surface area contributed by atoms with Gasteiger partial charge in [-0.25, -0.2) is 4.39 Å². The lowest BCUT2D eigenvalue weighted by atomic mass is 10.1. The molecule has 2 rings (SSSR count). The second-order valence-corrected chi connectivity index (χ2v) is 4.29. The lowest BCUT2D eigenvalue weighted by Gasteiger charge is -2.02. The van der Waals surface area contributed by atoms with Crippen molar-refractivity contribution in [3.8, 4) is 0 Å². The van der Waals surface area contributed by atoms with Crippen LogP contribution in [-0.4, -0.2) is 11.5 Å². The fourth-order valence-electron chi connectivity index (χ4n) is 1.76. The Hall–Kier alpha value is -2.29. The van der Waals surface area contributed by atoms with E-state index in [1.54, 1.807) is 13.0 Å². The molecule has 0 spiro atoms. The smallest absolute Gasteiger partial charge is 0.168 e. The Labute approximate surface area is 111 Å². The summed E-state index contributed by atoms with van der Waals surface area (Å²) >= 11 is 0. The average Bonchev–Trinajstić information content (AvgIpc) is 2.39. The molecule has 3 heteroatoms. The maximum atomic E-state index is 13.0. The molecule has 0 saturated carbocycles. The number of ketones is 1. The summed E-state index contributed by atoms with van der Waals surface area (Å²) in [6.07, 6.45) is 0.193. The molecule has 0 bridgehead atoms. The van der Waals surface area contributed by atoms with Crippen LogP contribution >= 0.6 is 0 Å². The van der Waals surface area contributed by atoms with Crippen LogP contribution in [0.1, 0.15) is 23.7 Å². The van der Waals surface area contributed by atoms with Crippen molar-refractivity contribution in [1.82, 2.24) is 0 Å². The highest BCUT2D eigenvalue weighted by Gasteiger charge is 2.08. The van der Waals surface area contributed by atoms with E-state index in [9.17, 15) is 9.18 Å². The largest absolute Gasteiger partial charge is 0.294 e. The number of benzene rings is 2. The predicted molar refractivity (Wildman–Crippen MR) is 74.6 cm³/mol. The number of halogens is 1. The van der Waals surface area contributed by atoms with E-state index in [0.29, 0.717) is 11.3 Å². The van der Waals surface area contributed by atoms with Crippen molar-refractivity contribution < 1.29 is 9.18 Å². The lowest BCUT2D eigenvalue weighted by Crippen LogP contribution is -2.05. The van der Waals surface area contributed by atoms with E-state index in [1.165, 1.54) is 18.2 Å². The zero-order chi connectivity index (χ0) is 13.7. The minimum absolute atomic E-state index is 0.128. The van der Waals surface area contributed by atoms with Gasteiger partial charge in [0.1, 0.15) is 5.82 Å². The fraction of sp³-hybridized carbons (Fsp3) is 0.125. The van der Waals surface area contributed by atoms with E-state index in [0.717, 1.165) is 5.69 Å². The summed E-state index contributed by atoms with van der Waals surface area (Å²) in [7, 11) is 0. The molecule has 0 heterocycles. The van der Waals surface area contributed by atoms with Crippen LogP contribution in [0.4, 0.5) is 10.1 Å². The number of Topliss-reactive ketones (excluding diaryl/α,β-unsaturated/α-hetero) is 1. The quantitative estimate of drug-likeness (QED) is 0.595. The second-order valence-electron chi connectivity index (χ2n) is 4.29. The molecule has 2 aromatic carbocycles. The van der Waals surface area contributed by atoms with Crippen molar-refractivity contribution >= 4 is 17.2 Å². The van der Waals surface area contributed by atoms with Crippen molar-refractivity contribution in [2.45, 2.75) is 13.3 Å². The number of hydrogen-bond acceptors (Lipinski definition) is 2. The molecule has 0 fully saturated rings. The molecule has 0 N–H and O–H groups in total. The van der Waals surface area contributed by atoms with Crippen LogP contribution in [0.5, 0.6) is 0 Å². The van der Waals surface area contributed by atoms with E-state index in [-0.39, 0.29) is 12.2 Å². The van der Waals surface area contributed by atoms with Gasteiger partial charge in [-0.2, -0.15) is 0 Å². The molecule has 96 valence electrons. The van der Waals surface area contributed by atoms with E-state index in [2.05, 4.69) is 4.99 Å². The van der Waals surface area contributed by atoms with Crippen LogP contribution in [-0.2, 0) is 0 Å². The Balaban J connectivity index is 2.09. The van der Waals surface area contributed by atoms with Gasteiger partial charge >= 0.3 is 0 Å². The maximum Gasteiger partial charge on any atom is 0.168 e. The van der Waals surface area contributed by atoms with Crippen LogP contribution in [0, 0.1) is 5.82 Å². The summed E-state index contributed by atoms with van der Waals surface area (Å²) in [6.45, 7) is 1.80. The Kier molecular flexibility index (Phi) is 4.18. The first-order chi connectivity index (χ1) is 9.15. The summed E-state index contributed by atoms with van der Waals surface area (Å²) in [6, 6.07) is 15.1. The number of hydrogen-bond donors (Lipinski definition) is 0. The number of nitrogens with zero attached hydrogens (tertiary/aromatic N) is 1. The lowest BCUT2D eigenvalue weighted by molar-refractivity contribution is 0.1000. The Morgan fingerprint density at radius 3 is 2.53 bits per heavy atom. The topological polar surface area (TPSA) is 29.4 Å². The fourth-order valence-corrected chi connectivity index (χ4v) is 1.76. The third-order valence-electron chi connectivity index (χ3n) is 2.64. The van der Waals surface area contributed by atoms with E-state index < -0.39 is 5.82 Å². The van der Waals surface area contributed by atoms with Crippen molar-refractivity contribution in [1.29, 1.82) is 0 Å². The molecule has 0 unspecified atom stereocenters. The highest BCUT2D eigenvalue weighted by atomic mass is 19.1. The van der Waals surface area contributed by atoms with Crippen LogP contribution in [0.15, 0.2) is 59.6 Å². The van der Waals surface area contributed by atoms with E-state index in [4.69, 9.17) is 0 Å². The summed E-state index contributed by atoms with van der Waals surface area (Å²) in [5.74, 6) is -0.528. The molecular weight excluding hydrogens is 241 g/mol. The molecule has 2 nitrogen and oxygen atoms in total. The molecule has 0 aromatic heterocycles. The Morgan fingerprint density at radius 2 is 1.84 bits per heavy atom. The molecule has 2 aromatic rings. The summed E-state index contributed by atoms with van der Waals surface area (Å²) < 4.78 is 13.0. The monoisotopic (exact) mass is 255 g/mol. The molecule has 0 amide bonds. The minimum Gasteiger partial charge on any atom is -0.294 e. The first-order valence-electron chi connectivity index (χ1n) is 6.03. The standard InChI is InChI=1S/C16H14FNO/c1-12(18-15-8-3-2-4-9-15)10-16(19)13-6-5-7-14(17)11-13/h2-9,11H,10H2,1H3. The molecular formula is C16H14FNO. The third kappa shape index (κ3) is 3.85. The Bertz CT molecular complexity index is 605. The van der Waals surface area contributed by atoms with Gasteiger partial charge in [-0.15, -0.1) is 0 Å². The van der Waals surface area contributed by atoms with Gasteiger partial charge in [0.05, 0.1) is 5.69 Å². The van der Waals surface area contributed by atoms with Gasteiger partial charge in [0.15, 0.2) is 5.78 Å². The van der Waals surface area contributed by atoms with Gasteiger partial charge < -0.3 is 0 Å². The van der Waals surface area contributed by atoms with Crippen molar-refractivity contribution in [3.05, 3.63) is 66.0 Å². The van der Waals surface area contributed by atoms with Crippen molar-refractivity contribution in [2.24, 2.45) is 4.99 Å². The summed E-state index contributed by atoms with van der Waals surface area (Å²) in [5, 5.41) is 0. The SMILES string of the molecule is CC(CC(=O)c1cccc(F)c1)=Nc1ccccc1. The number of carbonyl (C=O) groups excluding carboxylic acids is 1. The molecule has 0 aliphatic carbocycles. The maximum absolute atomic E-state index is 13.0. The van der Waals surface area contributed by atoms with Gasteiger partial charge in [-0.1, -0.05) is 30.3 Å². The first-order valence-corrected chi connectivity index (χ1v) is 6.03. The molecule has 0 aliphatic rings. The van der Waals surface area contributed by atoms with Gasteiger partial charge in [-0.3, -0.25) is 9.79 Å². The van der Waals surface area contributed by atoms with Crippen molar-refractivity contribution in [2.75, 3.05) is 0 Å². The van der Waals surface area contributed by atoms with Crippen LogP contribution in [0.3, 0.4) is 0 Å². The normalized spacial score (nSPS) is 11.4. The zero-order valence-corrected chi connectivity index (χ0v) is 10.6. The van der Waals surface area contributed by atoms with Gasteiger partial charge in [-0.05, 0) is 31.2 Å². The van der Waals surface area contributed by atoms with Crippen LogP contribution in [0.2, 0.25) is 0 Å². The number of carbonyl (C=O) groups is 1. The predicted octanol–water partition coefficient (Wildman–Crippen LogP) is 4.19. The molecule has 19 heavy (non-hydrogen) atoms. The molecule has 0 radical (unpaired) electrons. The Morgan fingerprint density at radius 1 is 1.11 bits per heavy atom. The average molecular weight is 255 g/mol. The number of rotatable bonds is 4. The summed E-state index contributed by atoms with van der Waals surface area (Å²) in [5.41, 5.74) is 1.90. The van der Waals surface area contributed by atoms with Crippen LogP contribution < -0.4 is 0 Å². The highest BCUT2D eigenvalue weighted by molar-refractivity contribution is 6.09. The molecule has 0 aliphatic heterocycles. The highest BCUT2D eigenvalue weighted by Crippen LogP contribution is 2.12. The van der Waals surface area contributed by atoms with Crippen LogP contribution in [0.25, 0.3) is 0 Å². The van der Waals surface area contributed by atoms with Gasteiger partial charge in [0, 0.05) is 17.7 Å².